The van der Waals surface area contributed by atoms with Gasteiger partial charge in [-0.2, -0.15) is 0 Å². The molecule has 2 fully saturated rings. The molecule has 2 aliphatic heterocycles. The van der Waals surface area contributed by atoms with Gasteiger partial charge in [0.1, 0.15) is 5.82 Å². The molecule has 1 spiro atoms. The number of amides is 1. The van der Waals surface area contributed by atoms with Crippen LogP contribution in [0.1, 0.15) is 43.2 Å². The summed E-state index contributed by atoms with van der Waals surface area (Å²) in [6, 6.07) is 8.81. The van der Waals surface area contributed by atoms with Crippen LogP contribution in [0.3, 0.4) is 0 Å². The second-order valence-electron chi connectivity index (χ2n) is 8.71. The Balaban J connectivity index is 0.00000231. The van der Waals surface area contributed by atoms with E-state index >= 15 is 4.39 Å². The van der Waals surface area contributed by atoms with Gasteiger partial charge in [0.05, 0.1) is 21.0 Å². The zero-order valence-electron chi connectivity index (χ0n) is 17.2. The van der Waals surface area contributed by atoms with Crippen molar-refractivity contribution in [2.75, 3.05) is 30.4 Å². The van der Waals surface area contributed by atoms with E-state index in [0.717, 1.165) is 49.2 Å². The quantitative estimate of drug-likeness (QED) is 0.554. The lowest BCUT2D eigenvalue weighted by molar-refractivity contribution is -0.122. The number of carbonyl (C=O) groups is 1. The zero-order valence-corrected chi connectivity index (χ0v) is 19.6. The van der Waals surface area contributed by atoms with E-state index in [2.05, 4.69) is 10.6 Å². The van der Waals surface area contributed by atoms with Crippen LogP contribution in [0.25, 0.3) is 0 Å². The summed E-state index contributed by atoms with van der Waals surface area (Å²) < 4.78 is 15.0. The number of anilines is 2. The predicted molar refractivity (Wildman–Crippen MR) is 126 cm³/mol. The van der Waals surface area contributed by atoms with Crippen LogP contribution in [0.15, 0.2) is 30.3 Å². The lowest BCUT2D eigenvalue weighted by atomic mass is 9.78. The first-order chi connectivity index (χ1) is 14.4. The van der Waals surface area contributed by atoms with E-state index in [0.29, 0.717) is 23.6 Å². The number of rotatable bonds is 3. The minimum Gasteiger partial charge on any atom is -0.374 e. The van der Waals surface area contributed by atoms with E-state index in [-0.39, 0.29) is 29.2 Å². The van der Waals surface area contributed by atoms with Crippen LogP contribution < -0.4 is 15.5 Å². The summed E-state index contributed by atoms with van der Waals surface area (Å²) >= 11 is 12.8. The van der Waals surface area contributed by atoms with E-state index in [9.17, 15) is 4.79 Å². The van der Waals surface area contributed by atoms with Gasteiger partial charge >= 0.3 is 0 Å². The van der Waals surface area contributed by atoms with Gasteiger partial charge in [-0.3, -0.25) is 4.79 Å². The van der Waals surface area contributed by atoms with E-state index in [1.165, 1.54) is 12.1 Å². The van der Waals surface area contributed by atoms with E-state index < -0.39 is 11.0 Å². The Bertz CT molecular complexity index is 1030. The van der Waals surface area contributed by atoms with E-state index in [4.69, 9.17) is 23.2 Å². The van der Waals surface area contributed by atoms with Crippen molar-refractivity contribution in [3.63, 3.8) is 0 Å². The Labute approximate surface area is 197 Å². The Morgan fingerprint density at radius 1 is 1.10 bits per heavy atom. The van der Waals surface area contributed by atoms with Crippen molar-refractivity contribution in [1.82, 2.24) is 5.32 Å². The molecule has 8 heteroatoms. The monoisotopic (exact) mass is 483 g/mol. The van der Waals surface area contributed by atoms with E-state index in [1.54, 1.807) is 4.90 Å². The number of likely N-dealkylation sites (N-methyl/N-ethyl adjacent to an activating group) is 1. The fourth-order valence-electron chi connectivity index (χ4n) is 5.70. The molecule has 2 aromatic rings. The summed E-state index contributed by atoms with van der Waals surface area (Å²) in [4.78, 5) is 15.0. The molecule has 3 aliphatic rings. The van der Waals surface area contributed by atoms with Crippen LogP contribution in [0.4, 0.5) is 15.8 Å². The standard InChI is InChI=1S/C23H24Cl2FN3O.ClH/c1-29-17-6-4-5-16(19(17)22(21(29)30)9-2-3-10-22)28-23(11-12-27-13-23)18-15(26)8-7-14(24)20(18)25;/h4-8,27-28H,2-3,9-13H2,1H3;1H. The lowest BCUT2D eigenvalue weighted by Crippen LogP contribution is -2.40. The van der Waals surface area contributed by atoms with Crippen molar-refractivity contribution >= 4 is 52.9 Å². The molecule has 1 aliphatic carbocycles. The molecule has 1 atom stereocenters. The van der Waals surface area contributed by atoms with Crippen LogP contribution >= 0.6 is 35.6 Å². The molecule has 2 aromatic carbocycles. The van der Waals surface area contributed by atoms with Crippen molar-refractivity contribution in [2.24, 2.45) is 0 Å². The highest BCUT2D eigenvalue weighted by Crippen LogP contribution is 2.54. The van der Waals surface area contributed by atoms with Crippen LogP contribution in [0.5, 0.6) is 0 Å². The van der Waals surface area contributed by atoms with E-state index in [1.807, 2.05) is 25.2 Å². The van der Waals surface area contributed by atoms with Gasteiger partial charge in [-0.15, -0.1) is 12.4 Å². The summed E-state index contributed by atoms with van der Waals surface area (Å²) in [7, 11) is 1.85. The molecule has 1 saturated heterocycles. The number of carbonyl (C=O) groups excluding carboxylic acids is 1. The van der Waals surface area contributed by atoms with Gasteiger partial charge in [-0.1, -0.05) is 42.1 Å². The first kappa shape index (κ1) is 22.7. The van der Waals surface area contributed by atoms with Gasteiger partial charge in [-0.25, -0.2) is 4.39 Å². The van der Waals surface area contributed by atoms with Crippen LogP contribution in [0.2, 0.25) is 10.0 Å². The molecule has 166 valence electrons. The Hall–Kier alpha value is -1.53. The number of fused-ring (bicyclic) bond motifs is 2. The minimum absolute atomic E-state index is 0. The molecular weight excluding hydrogens is 460 g/mol. The largest absolute Gasteiger partial charge is 0.374 e. The highest BCUT2D eigenvalue weighted by atomic mass is 35.5. The van der Waals surface area contributed by atoms with Crippen molar-refractivity contribution in [3.05, 3.63) is 57.3 Å². The van der Waals surface area contributed by atoms with Crippen molar-refractivity contribution in [1.29, 1.82) is 0 Å². The number of hydrogen-bond donors (Lipinski definition) is 2. The second-order valence-corrected chi connectivity index (χ2v) is 9.49. The summed E-state index contributed by atoms with van der Waals surface area (Å²) in [5.41, 5.74) is 2.01. The first-order valence-corrected chi connectivity index (χ1v) is 11.2. The minimum atomic E-state index is -0.745. The second kappa shape index (κ2) is 8.11. The average molecular weight is 485 g/mol. The fraction of sp³-hybridized carbons (Fsp3) is 0.435. The van der Waals surface area contributed by atoms with Crippen molar-refractivity contribution < 1.29 is 9.18 Å². The summed E-state index contributed by atoms with van der Waals surface area (Å²) in [5, 5.41) is 7.57. The van der Waals surface area contributed by atoms with Crippen molar-refractivity contribution in [3.8, 4) is 0 Å². The van der Waals surface area contributed by atoms with Gasteiger partial charge in [0.15, 0.2) is 0 Å². The summed E-state index contributed by atoms with van der Waals surface area (Å²) in [5.74, 6) is -0.216. The van der Waals surface area contributed by atoms with Crippen LogP contribution in [-0.4, -0.2) is 26.0 Å². The normalized spacial score (nSPS) is 23.9. The summed E-state index contributed by atoms with van der Waals surface area (Å²) in [6.45, 7) is 1.25. The molecule has 1 amide bonds. The predicted octanol–water partition coefficient (Wildman–Crippen LogP) is 5.64. The molecule has 5 rings (SSSR count). The molecule has 31 heavy (non-hydrogen) atoms. The number of nitrogens with one attached hydrogen (secondary N) is 2. The van der Waals surface area contributed by atoms with Gasteiger partial charge in [0.2, 0.25) is 5.91 Å². The zero-order chi connectivity index (χ0) is 21.1. The third-order valence-electron chi connectivity index (χ3n) is 7.11. The molecule has 2 heterocycles. The van der Waals surface area contributed by atoms with Gasteiger partial charge in [0, 0.05) is 36.1 Å². The van der Waals surface area contributed by atoms with Gasteiger partial charge in [-0.05, 0) is 50.1 Å². The lowest BCUT2D eigenvalue weighted by Gasteiger charge is -2.35. The third-order valence-corrected chi connectivity index (χ3v) is 7.91. The SMILES string of the molecule is CN1C(=O)C2(CCCC2)c2c(NC3(c4c(F)ccc(Cl)c4Cl)CCNC3)cccc21.Cl. The Morgan fingerprint density at radius 2 is 1.84 bits per heavy atom. The first-order valence-electron chi connectivity index (χ1n) is 10.4. The maximum Gasteiger partial charge on any atom is 0.237 e. The third kappa shape index (κ3) is 3.24. The van der Waals surface area contributed by atoms with Gasteiger partial charge in [0.25, 0.3) is 0 Å². The molecule has 1 saturated carbocycles. The molecular formula is C23H25Cl3FN3O. The number of halogens is 4. The highest BCUT2D eigenvalue weighted by Gasteiger charge is 2.53. The molecule has 2 N–H and O–H groups in total. The van der Waals surface area contributed by atoms with Crippen LogP contribution in [0, 0.1) is 5.82 Å². The van der Waals surface area contributed by atoms with Crippen molar-refractivity contribution in [2.45, 2.75) is 43.1 Å². The maximum absolute atomic E-state index is 15.0. The fourth-order valence-corrected chi connectivity index (χ4v) is 6.20. The average Bonchev–Trinajstić information content (AvgIpc) is 3.44. The highest BCUT2D eigenvalue weighted by molar-refractivity contribution is 6.42. The molecule has 0 aromatic heterocycles. The summed E-state index contributed by atoms with van der Waals surface area (Å²) in [6.07, 6.45) is 4.42. The maximum atomic E-state index is 15.0. The smallest absolute Gasteiger partial charge is 0.237 e. The molecule has 0 bridgehead atoms. The molecule has 0 radical (unpaired) electrons. The van der Waals surface area contributed by atoms with Gasteiger partial charge < -0.3 is 15.5 Å². The van der Waals surface area contributed by atoms with Crippen LogP contribution in [-0.2, 0) is 15.7 Å². The number of benzene rings is 2. The number of hydrogen-bond acceptors (Lipinski definition) is 3. The topological polar surface area (TPSA) is 44.4 Å². The Kier molecular flexibility index (Phi) is 5.93. The number of nitrogens with zero attached hydrogens (tertiary/aromatic N) is 1. The Morgan fingerprint density at radius 3 is 2.52 bits per heavy atom. The molecule has 4 nitrogen and oxygen atoms in total. The molecule has 1 unspecified atom stereocenters.